The average Bonchev–Trinajstić information content (AvgIpc) is 2.81. The van der Waals surface area contributed by atoms with E-state index in [4.69, 9.17) is 0 Å². The smallest absolute Gasteiger partial charge is 0.0576 e. The van der Waals surface area contributed by atoms with Gasteiger partial charge in [0, 0.05) is 25.3 Å². The highest BCUT2D eigenvalue weighted by Gasteiger charge is 2.04. The number of benzene rings is 2. The summed E-state index contributed by atoms with van der Waals surface area (Å²) >= 11 is 0. The van der Waals surface area contributed by atoms with Crippen LogP contribution in [0.1, 0.15) is 18.4 Å². The van der Waals surface area contributed by atoms with Crippen LogP contribution in [0, 0.1) is 0 Å². The summed E-state index contributed by atoms with van der Waals surface area (Å²) in [5.41, 5.74) is 5.25. The SMILES string of the molecule is c1ccc2c(c1)CCCCN2.c1ccc2c(c1)NCCN2. The van der Waals surface area contributed by atoms with E-state index in [2.05, 4.69) is 52.3 Å². The molecule has 0 bridgehead atoms. The summed E-state index contributed by atoms with van der Waals surface area (Å²) in [5, 5.41) is 10.0. The van der Waals surface area contributed by atoms with Gasteiger partial charge in [0.2, 0.25) is 0 Å². The van der Waals surface area contributed by atoms with Crippen molar-refractivity contribution in [1.82, 2.24) is 0 Å². The van der Waals surface area contributed by atoms with Crippen molar-refractivity contribution < 1.29 is 0 Å². The van der Waals surface area contributed by atoms with Crippen molar-refractivity contribution in [3.05, 3.63) is 54.1 Å². The molecule has 0 saturated heterocycles. The lowest BCUT2D eigenvalue weighted by Crippen LogP contribution is -2.19. The highest BCUT2D eigenvalue weighted by molar-refractivity contribution is 5.70. The van der Waals surface area contributed by atoms with Crippen LogP contribution in [0.15, 0.2) is 48.5 Å². The molecular weight excluding hydrogens is 258 g/mol. The first kappa shape index (κ1) is 13.8. The Hall–Kier alpha value is -2.16. The minimum atomic E-state index is 1.02. The maximum absolute atomic E-state index is 3.43. The summed E-state index contributed by atoms with van der Waals surface area (Å²) in [6.07, 6.45) is 3.86. The molecule has 2 aliphatic rings. The van der Waals surface area contributed by atoms with Gasteiger partial charge in [-0.25, -0.2) is 0 Å². The molecule has 0 aliphatic carbocycles. The number of aryl methyl sites for hydroxylation is 1. The lowest BCUT2D eigenvalue weighted by atomic mass is 10.1. The predicted octanol–water partition coefficient (Wildman–Crippen LogP) is 3.96. The van der Waals surface area contributed by atoms with Crippen LogP contribution in [0.4, 0.5) is 17.1 Å². The third-order valence-corrected chi connectivity index (χ3v) is 3.89. The van der Waals surface area contributed by atoms with Crippen molar-refractivity contribution in [2.24, 2.45) is 0 Å². The second-order valence-electron chi connectivity index (χ2n) is 5.44. The quantitative estimate of drug-likeness (QED) is 0.684. The van der Waals surface area contributed by atoms with Gasteiger partial charge >= 0.3 is 0 Å². The largest absolute Gasteiger partial charge is 0.385 e. The number of hydrogen-bond acceptors (Lipinski definition) is 3. The van der Waals surface area contributed by atoms with Gasteiger partial charge in [-0.2, -0.15) is 0 Å². The van der Waals surface area contributed by atoms with Crippen LogP contribution in [0.25, 0.3) is 0 Å². The summed E-state index contributed by atoms with van der Waals surface area (Å²) in [7, 11) is 0. The molecule has 3 nitrogen and oxygen atoms in total. The van der Waals surface area contributed by atoms with E-state index < -0.39 is 0 Å². The maximum Gasteiger partial charge on any atom is 0.0576 e. The molecule has 0 aromatic heterocycles. The Kier molecular flexibility index (Phi) is 4.62. The first-order valence-corrected chi connectivity index (χ1v) is 7.82. The molecule has 0 atom stereocenters. The molecule has 4 rings (SSSR count). The van der Waals surface area contributed by atoms with Crippen LogP contribution in [0.5, 0.6) is 0 Å². The highest BCUT2D eigenvalue weighted by Crippen LogP contribution is 2.22. The van der Waals surface area contributed by atoms with Crippen LogP contribution >= 0.6 is 0 Å². The molecule has 21 heavy (non-hydrogen) atoms. The summed E-state index contributed by atoms with van der Waals surface area (Å²) < 4.78 is 0. The van der Waals surface area contributed by atoms with Gasteiger partial charge in [0.1, 0.15) is 0 Å². The fourth-order valence-electron chi connectivity index (χ4n) is 2.76. The zero-order chi connectivity index (χ0) is 14.3. The van der Waals surface area contributed by atoms with Gasteiger partial charge in [-0.15, -0.1) is 0 Å². The van der Waals surface area contributed by atoms with E-state index in [1.54, 1.807) is 0 Å². The van der Waals surface area contributed by atoms with E-state index in [0.717, 1.165) is 19.6 Å². The summed E-state index contributed by atoms with van der Waals surface area (Å²) in [5.74, 6) is 0. The van der Waals surface area contributed by atoms with Crippen molar-refractivity contribution >= 4 is 17.1 Å². The molecule has 0 fully saturated rings. The van der Waals surface area contributed by atoms with E-state index in [1.807, 2.05) is 12.1 Å². The van der Waals surface area contributed by atoms with Crippen LogP contribution in [-0.2, 0) is 6.42 Å². The third-order valence-electron chi connectivity index (χ3n) is 3.89. The van der Waals surface area contributed by atoms with Crippen molar-refractivity contribution in [3.63, 3.8) is 0 Å². The molecule has 0 amide bonds. The van der Waals surface area contributed by atoms with Crippen LogP contribution in [-0.4, -0.2) is 19.6 Å². The molecule has 2 aromatic carbocycles. The van der Waals surface area contributed by atoms with E-state index in [-0.39, 0.29) is 0 Å². The lowest BCUT2D eigenvalue weighted by molar-refractivity contribution is 0.785. The molecule has 2 aliphatic heterocycles. The number of nitrogens with one attached hydrogen (secondary N) is 3. The first-order chi connectivity index (χ1) is 10.4. The topological polar surface area (TPSA) is 36.1 Å². The Morgan fingerprint density at radius 2 is 1.14 bits per heavy atom. The van der Waals surface area contributed by atoms with Crippen LogP contribution in [0.3, 0.4) is 0 Å². The monoisotopic (exact) mass is 281 g/mol. The average molecular weight is 281 g/mol. The minimum Gasteiger partial charge on any atom is -0.385 e. The van der Waals surface area contributed by atoms with Crippen molar-refractivity contribution in [1.29, 1.82) is 0 Å². The zero-order valence-electron chi connectivity index (χ0n) is 12.4. The number of rotatable bonds is 0. The Bertz CT molecular complexity index is 530. The summed E-state index contributed by atoms with van der Waals surface area (Å²) in [4.78, 5) is 0. The molecule has 0 saturated carbocycles. The van der Waals surface area contributed by atoms with Crippen LogP contribution in [0.2, 0.25) is 0 Å². The number of fused-ring (bicyclic) bond motifs is 2. The molecule has 110 valence electrons. The van der Waals surface area contributed by atoms with E-state index >= 15 is 0 Å². The van der Waals surface area contributed by atoms with Crippen molar-refractivity contribution in [2.45, 2.75) is 19.3 Å². The fourth-order valence-corrected chi connectivity index (χ4v) is 2.76. The molecule has 0 spiro atoms. The minimum absolute atomic E-state index is 1.02. The van der Waals surface area contributed by atoms with Gasteiger partial charge in [0.05, 0.1) is 11.4 Å². The Balaban J connectivity index is 0.000000126. The van der Waals surface area contributed by atoms with Gasteiger partial charge in [0.25, 0.3) is 0 Å². The zero-order valence-corrected chi connectivity index (χ0v) is 12.4. The summed E-state index contributed by atoms with van der Waals surface area (Å²) in [6, 6.07) is 16.8. The van der Waals surface area contributed by atoms with E-state index in [1.165, 1.54) is 41.9 Å². The van der Waals surface area contributed by atoms with Gasteiger partial charge in [-0.05, 0) is 43.0 Å². The fraction of sp³-hybridized carbons (Fsp3) is 0.333. The Morgan fingerprint density at radius 1 is 0.571 bits per heavy atom. The normalized spacial score (nSPS) is 15.6. The molecule has 0 radical (unpaired) electrons. The summed E-state index contributed by atoms with van der Waals surface area (Å²) in [6.45, 7) is 3.19. The molecule has 2 aromatic rings. The van der Waals surface area contributed by atoms with E-state index in [9.17, 15) is 0 Å². The second-order valence-corrected chi connectivity index (χ2v) is 5.44. The molecule has 3 heteroatoms. The van der Waals surface area contributed by atoms with Gasteiger partial charge in [-0.1, -0.05) is 30.3 Å². The van der Waals surface area contributed by atoms with Crippen molar-refractivity contribution in [2.75, 3.05) is 35.6 Å². The Morgan fingerprint density at radius 3 is 1.86 bits per heavy atom. The first-order valence-electron chi connectivity index (χ1n) is 7.82. The highest BCUT2D eigenvalue weighted by atomic mass is 15.0. The molecule has 2 heterocycles. The number of hydrogen-bond donors (Lipinski definition) is 3. The molecular formula is C18H23N3. The maximum atomic E-state index is 3.43. The third kappa shape index (κ3) is 3.69. The second kappa shape index (κ2) is 7.02. The van der Waals surface area contributed by atoms with Gasteiger partial charge in [0.15, 0.2) is 0 Å². The molecule has 3 N–H and O–H groups in total. The van der Waals surface area contributed by atoms with Gasteiger partial charge < -0.3 is 16.0 Å². The Labute approximate surface area is 126 Å². The van der Waals surface area contributed by atoms with Crippen molar-refractivity contribution in [3.8, 4) is 0 Å². The van der Waals surface area contributed by atoms with Crippen LogP contribution < -0.4 is 16.0 Å². The van der Waals surface area contributed by atoms with E-state index in [0.29, 0.717) is 0 Å². The lowest BCUT2D eigenvalue weighted by Gasteiger charge is -2.18. The van der Waals surface area contributed by atoms with Gasteiger partial charge in [-0.3, -0.25) is 0 Å². The number of anilines is 3. The standard InChI is InChI=1S/C10H13N.C8H10N2/c1-2-7-10-9(5-1)6-3-4-8-11-10;1-2-4-8-7(3-1)9-5-6-10-8/h1-2,5,7,11H,3-4,6,8H2;1-4,9-10H,5-6H2. The number of para-hydroxylation sites is 3. The predicted molar refractivity (Wildman–Crippen MR) is 91.3 cm³/mol. The molecule has 0 unspecified atom stereocenters.